The summed E-state index contributed by atoms with van der Waals surface area (Å²) in [5.74, 6) is 0.0296. The summed E-state index contributed by atoms with van der Waals surface area (Å²) in [7, 11) is 0. The Balaban J connectivity index is 2.16. The van der Waals surface area contributed by atoms with E-state index >= 15 is 0 Å². The first-order chi connectivity index (χ1) is 10.1. The van der Waals surface area contributed by atoms with E-state index in [1.54, 1.807) is 0 Å². The summed E-state index contributed by atoms with van der Waals surface area (Å²) >= 11 is 3.49. The quantitative estimate of drug-likeness (QED) is 0.807. The van der Waals surface area contributed by atoms with Crippen LogP contribution in [0.5, 0.6) is 0 Å². The third-order valence-corrected chi connectivity index (χ3v) is 4.37. The normalized spacial score (nSPS) is 12.7. The van der Waals surface area contributed by atoms with Crippen LogP contribution < -0.4 is 5.32 Å². The molecule has 2 aromatic rings. The highest BCUT2D eigenvalue weighted by Gasteiger charge is 2.31. The fourth-order valence-electron chi connectivity index (χ4n) is 2.22. The van der Waals surface area contributed by atoms with Crippen molar-refractivity contribution in [2.24, 2.45) is 0 Å². The highest BCUT2D eigenvalue weighted by atomic mass is 79.9. The molecule has 3 heteroatoms. The van der Waals surface area contributed by atoms with Gasteiger partial charge in [-0.1, -0.05) is 76.6 Å². The molecule has 0 saturated carbocycles. The molecule has 0 aliphatic carbocycles. The van der Waals surface area contributed by atoms with Gasteiger partial charge in [0, 0.05) is 5.33 Å². The van der Waals surface area contributed by atoms with Crippen LogP contribution in [0.4, 0.5) is 0 Å². The molecule has 0 heterocycles. The fourth-order valence-corrected chi connectivity index (χ4v) is 2.76. The van der Waals surface area contributed by atoms with Crippen molar-refractivity contribution in [2.75, 3.05) is 5.33 Å². The van der Waals surface area contributed by atoms with E-state index in [-0.39, 0.29) is 11.9 Å². The van der Waals surface area contributed by atoms with Crippen molar-refractivity contribution in [3.8, 4) is 0 Å². The number of rotatable bonds is 5. The van der Waals surface area contributed by atoms with Gasteiger partial charge in [0.25, 0.3) is 0 Å². The van der Waals surface area contributed by atoms with Gasteiger partial charge in [0.05, 0.1) is 11.5 Å². The molecule has 2 aromatic carbocycles. The molecule has 0 aliphatic rings. The van der Waals surface area contributed by atoms with Crippen molar-refractivity contribution in [3.63, 3.8) is 0 Å². The minimum atomic E-state index is -0.559. The van der Waals surface area contributed by atoms with Gasteiger partial charge in [-0.05, 0) is 25.0 Å². The molecule has 0 aliphatic heterocycles. The number of alkyl halides is 1. The molecule has 0 radical (unpaired) electrons. The summed E-state index contributed by atoms with van der Waals surface area (Å²) < 4.78 is 0. The Morgan fingerprint density at radius 2 is 1.57 bits per heavy atom. The Morgan fingerprint density at radius 1 is 1.05 bits per heavy atom. The molecule has 0 fully saturated rings. The van der Waals surface area contributed by atoms with E-state index in [9.17, 15) is 4.79 Å². The molecule has 1 unspecified atom stereocenters. The molecular weight excluding hydrogens is 326 g/mol. The molecule has 0 aromatic heterocycles. The number of carbonyl (C=O) groups excluding carboxylic acids is 1. The summed E-state index contributed by atoms with van der Waals surface area (Å²) in [5, 5.41) is 3.82. The molecule has 1 amide bonds. The van der Waals surface area contributed by atoms with E-state index in [1.165, 1.54) is 0 Å². The van der Waals surface area contributed by atoms with Crippen LogP contribution in [0.3, 0.4) is 0 Å². The van der Waals surface area contributed by atoms with Crippen molar-refractivity contribution in [3.05, 3.63) is 71.8 Å². The number of nitrogens with one attached hydrogen (secondary N) is 1. The Kier molecular flexibility index (Phi) is 5.18. The third-order valence-electron chi connectivity index (χ3n) is 3.72. The molecule has 21 heavy (non-hydrogen) atoms. The van der Waals surface area contributed by atoms with Crippen molar-refractivity contribution in [2.45, 2.75) is 25.3 Å². The molecule has 110 valence electrons. The predicted molar refractivity (Wildman–Crippen MR) is 90.6 cm³/mol. The number of benzene rings is 2. The van der Waals surface area contributed by atoms with Gasteiger partial charge in [-0.2, -0.15) is 0 Å². The van der Waals surface area contributed by atoms with Gasteiger partial charge in [-0.15, -0.1) is 0 Å². The zero-order chi connectivity index (χ0) is 15.3. The number of hydrogen-bond donors (Lipinski definition) is 1. The first-order valence-electron chi connectivity index (χ1n) is 7.03. The van der Waals surface area contributed by atoms with Crippen LogP contribution in [0.15, 0.2) is 60.7 Å². The Labute approximate surface area is 134 Å². The maximum atomic E-state index is 12.7. The fraction of sp³-hybridized carbons (Fsp3) is 0.278. The summed E-state index contributed by atoms with van der Waals surface area (Å²) in [6.45, 7) is 3.90. The zero-order valence-electron chi connectivity index (χ0n) is 12.3. The summed E-state index contributed by atoms with van der Waals surface area (Å²) in [4.78, 5) is 12.7. The summed E-state index contributed by atoms with van der Waals surface area (Å²) in [6.07, 6.45) is 0. The second-order valence-corrected chi connectivity index (χ2v) is 6.23. The van der Waals surface area contributed by atoms with Crippen molar-refractivity contribution in [1.82, 2.24) is 5.32 Å². The third kappa shape index (κ3) is 3.73. The second kappa shape index (κ2) is 6.90. The van der Waals surface area contributed by atoms with Crippen LogP contribution in [0, 0.1) is 0 Å². The van der Waals surface area contributed by atoms with Crippen LogP contribution in [0.1, 0.15) is 31.0 Å². The smallest absolute Gasteiger partial charge is 0.230 e. The van der Waals surface area contributed by atoms with Crippen molar-refractivity contribution < 1.29 is 4.79 Å². The van der Waals surface area contributed by atoms with E-state index in [2.05, 4.69) is 21.2 Å². The van der Waals surface area contributed by atoms with E-state index in [4.69, 9.17) is 0 Å². The predicted octanol–water partition coefficient (Wildman–Crippen LogP) is 4.22. The molecule has 1 N–H and O–H groups in total. The monoisotopic (exact) mass is 345 g/mol. The van der Waals surface area contributed by atoms with E-state index in [0.717, 1.165) is 11.1 Å². The lowest BCUT2D eigenvalue weighted by Crippen LogP contribution is -2.42. The SMILES string of the molecule is CC(C)(C(=O)NC(CBr)c1ccccc1)c1ccccc1. The second-order valence-electron chi connectivity index (χ2n) is 5.58. The average Bonchev–Trinajstić information content (AvgIpc) is 2.54. The maximum absolute atomic E-state index is 12.7. The number of carbonyl (C=O) groups is 1. The molecule has 2 rings (SSSR count). The van der Waals surface area contributed by atoms with E-state index < -0.39 is 5.41 Å². The first-order valence-corrected chi connectivity index (χ1v) is 8.15. The number of halogens is 1. The van der Waals surface area contributed by atoms with E-state index in [0.29, 0.717) is 5.33 Å². The standard InChI is InChI=1S/C18H20BrNO/c1-18(2,15-11-7-4-8-12-15)17(21)20-16(13-19)14-9-5-3-6-10-14/h3-12,16H,13H2,1-2H3,(H,20,21). The van der Waals surface area contributed by atoms with Gasteiger partial charge in [-0.25, -0.2) is 0 Å². The minimum Gasteiger partial charge on any atom is -0.348 e. The number of amides is 1. The molecule has 1 atom stereocenters. The highest BCUT2D eigenvalue weighted by Crippen LogP contribution is 2.25. The van der Waals surface area contributed by atoms with Crippen LogP contribution in [0.2, 0.25) is 0 Å². The van der Waals surface area contributed by atoms with Crippen LogP contribution in [-0.2, 0) is 10.2 Å². The highest BCUT2D eigenvalue weighted by molar-refractivity contribution is 9.09. The number of hydrogen-bond acceptors (Lipinski definition) is 1. The Morgan fingerprint density at radius 3 is 2.10 bits per heavy atom. The van der Waals surface area contributed by atoms with E-state index in [1.807, 2.05) is 74.5 Å². The molecule has 0 bridgehead atoms. The van der Waals surface area contributed by atoms with Crippen LogP contribution in [-0.4, -0.2) is 11.2 Å². The van der Waals surface area contributed by atoms with Crippen molar-refractivity contribution in [1.29, 1.82) is 0 Å². The molecule has 0 spiro atoms. The van der Waals surface area contributed by atoms with Crippen LogP contribution >= 0.6 is 15.9 Å². The lowest BCUT2D eigenvalue weighted by molar-refractivity contribution is -0.126. The largest absolute Gasteiger partial charge is 0.348 e. The Hall–Kier alpha value is -1.61. The lowest BCUT2D eigenvalue weighted by Gasteiger charge is -2.27. The minimum absolute atomic E-state index is 0.0262. The van der Waals surface area contributed by atoms with Crippen molar-refractivity contribution >= 4 is 21.8 Å². The maximum Gasteiger partial charge on any atom is 0.230 e. The summed E-state index contributed by atoms with van der Waals surface area (Å²) in [5.41, 5.74) is 1.56. The molecule has 0 saturated heterocycles. The van der Waals surface area contributed by atoms with Crippen LogP contribution in [0.25, 0.3) is 0 Å². The Bertz CT molecular complexity index is 581. The van der Waals surface area contributed by atoms with Gasteiger partial charge in [0.15, 0.2) is 0 Å². The zero-order valence-corrected chi connectivity index (χ0v) is 13.9. The van der Waals surface area contributed by atoms with Gasteiger partial charge in [0.1, 0.15) is 0 Å². The molecular formula is C18H20BrNO. The van der Waals surface area contributed by atoms with Gasteiger partial charge in [0.2, 0.25) is 5.91 Å². The lowest BCUT2D eigenvalue weighted by atomic mass is 9.83. The topological polar surface area (TPSA) is 29.1 Å². The summed E-state index contributed by atoms with van der Waals surface area (Å²) in [6, 6.07) is 19.8. The van der Waals surface area contributed by atoms with Gasteiger partial charge < -0.3 is 5.32 Å². The first kappa shape index (κ1) is 15.8. The van der Waals surface area contributed by atoms with Gasteiger partial charge in [-0.3, -0.25) is 4.79 Å². The molecule has 2 nitrogen and oxygen atoms in total. The van der Waals surface area contributed by atoms with Gasteiger partial charge >= 0.3 is 0 Å². The average molecular weight is 346 g/mol.